The van der Waals surface area contributed by atoms with Gasteiger partial charge in [-0.15, -0.1) is 0 Å². The third-order valence-electron chi connectivity index (χ3n) is 4.02. The standard InChI is InChI=1S/C18H19NO/c1-14(16-10-6-3-7-11-16)19-13-17(19)18(20)12-15-8-4-2-5-9-15/h2-11,14,17H,12-13H2,1H3/t14-,17?,19+/m1/s1. The predicted octanol–water partition coefficient (Wildman–Crippen LogP) is 3.24. The summed E-state index contributed by atoms with van der Waals surface area (Å²) in [7, 11) is 0. The zero-order chi connectivity index (χ0) is 13.9. The van der Waals surface area contributed by atoms with Crippen LogP contribution in [0.4, 0.5) is 0 Å². The van der Waals surface area contributed by atoms with E-state index >= 15 is 0 Å². The number of hydrogen-bond donors (Lipinski definition) is 0. The predicted molar refractivity (Wildman–Crippen MR) is 80.5 cm³/mol. The molecule has 2 aromatic rings. The van der Waals surface area contributed by atoms with Gasteiger partial charge in [0.1, 0.15) is 0 Å². The van der Waals surface area contributed by atoms with Crippen molar-refractivity contribution in [2.75, 3.05) is 6.54 Å². The summed E-state index contributed by atoms with van der Waals surface area (Å²) in [5, 5.41) is 0. The van der Waals surface area contributed by atoms with Crippen LogP contribution in [0.2, 0.25) is 0 Å². The van der Waals surface area contributed by atoms with Crippen LogP contribution in [0.25, 0.3) is 0 Å². The van der Waals surface area contributed by atoms with E-state index in [1.165, 1.54) is 5.56 Å². The summed E-state index contributed by atoms with van der Waals surface area (Å²) in [5.74, 6) is 0.332. The van der Waals surface area contributed by atoms with Gasteiger partial charge >= 0.3 is 0 Å². The van der Waals surface area contributed by atoms with Gasteiger partial charge < -0.3 is 0 Å². The van der Waals surface area contributed by atoms with Gasteiger partial charge in [-0.1, -0.05) is 60.7 Å². The summed E-state index contributed by atoms with van der Waals surface area (Å²) in [6, 6.07) is 20.8. The number of hydrogen-bond acceptors (Lipinski definition) is 2. The lowest BCUT2D eigenvalue weighted by Crippen LogP contribution is -2.17. The lowest BCUT2D eigenvalue weighted by atomic mass is 10.1. The van der Waals surface area contributed by atoms with Crippen LogP contribution in [0.3, 0.4) is 0 Å². The number of Topliss-reactive ketones (excluding diaryl/α,β-unsaturated/α-hetero) is 1. The van der Waals surface area contributed by atoms with Crippen LogP contribution in [-0.2, 0) is 11.2 Å². The van der Waals surface area contributed by atoms with E-state index in [0.29, 0.717) is 18.2 Å². The molecule has 0 bridgehead atoms. The van der Waals surface area contributed by atoms with Crippen LogP contribution >= 0.6 is 0 Å². The second-order valence-electron chi connectivity index (χ2n) is 5.43. The van der Waals surface area contributed by atoms with Crippen molar-refractivity contribution < 1.29 is 4.79 Å². The summed E-state index contributed by atoms with van der Waals surface area (Å²) in [6.45, 7) is 3.06. The number of benzene rings is 2. The van der Waals surface area contributed by atoms with E-state index < -0.39 is 0 Å². The van der Waals surface area contributed by atoms with Crippen molar-refractivity contribution in [3.05, 3.63) is 71.8 Å². The maximum Gasteiger partial charge on any atom is 0.155 e. The number of rotatable bonds is 5. The molecule has 2 nitrogen and oxygen atoms in total. The molecule has 0 aliphatic carbocycles. The molecule has 1 aliphatic heterocycles. The Balaban J connectivity index is 1.60. The molecule has 0 N–H and O–H groups in total. The molecule has 0 radical (unpaired) electrons. The first-order valence-electron chi connectivity index (χ1n) is 7.13. The normalized spacial score (nSPS) is 22.2. The molecule has 0 saturated carbocycles. The van der Waals surface area contributed by atoms with Crippen LogP contribution in [0, 0.1) is 0 Å². The second-order valence-corrected chi connectivity index (χ2v) is 5.43. The Kier molecular flexibility index (Phi) is 3.66. The Labute approximate surface area is 120 Å². The van der Waals surface area contributed by atoms with E-state index in [-0.39, 0.29) is 6.04 Å². The molecule has 2 heteroatoms. The minimum Gasteiger partial charge on any atom is -0.298 e. The van der Waals surface area contributed by atoms with Gasteiger partial charge in [0, 0.05) is 19.0 Å². The molecule has 3 rings (SSSR count). The quantitative estimate of drug-likeness (QED) is 0.773. The molecular formula is C18H19NO. The number of ketones is 1. The second kappa shape index (κ2) is 5.59. The summed E-state index contributed by atoms with van der Waals surface area (Å²) < 4.78 is 0. The topological polar surface area (TPSA) is 20.1 Å². The number of carbonyl (C=O) groups excluding carboxylic acids is 1. The van der Waals surface area contributed by atoms with Crippen molar-refractivity contribution in [2.45, 2.75) is 25.4 Å². The van der Waals surface area contributed by atoms with E-state index in [9.17, 15) is 4.79 Å². The van der Waals surface area contributed by atoms with Crippen LogP contribution < -0.4 is 0 Å². The first-order valence-corrected chi connectivity index (χ1v) is 7.13. The molecule has 1 heterocycles. The molecule has 1 fully saturated rings. The molecule has 1 unspecified atom stereocenters. The molecule has 0 amide bonds. The van der Waals surface area contributed by atoms with Gasteiger partial charge in [0.15, 0.2) is 5.78 Å². The molecule has 3 atom stereocenters. The van der Waals surface area contributed by atoms with Gasteiger partial charge in [0.2, 0.25) is 0 Å². The minimum atomic E-state index is 0.102. The Morgan fingerprint density at radius 2 is 1.70 bits per heavy atom. The lowest BCUT2D eigenvalue weighted by Gasteiger charge is -2.14. The highest BCUT2D eigenvalue weighted by Crippen LogP contribution is 2.32. The Morgan fingerprint density at radius 3 is 2.35 bits per heavy atom. The molecule has 2 aromatic carbocycles. The van der Waals surface area contributed by atoms with Crippen LogP contribution in [0.1, 0.15) is 24.1 Å². The maximum absolute atomic E-state index is 12.3. The van der Waals surface area contributed by atoms with Crippen molar-refractivity contribution in [3.8, 4) is 0 Å². The average Bonchev–Trinajstić information content (AvgIpc) is 3.29. The van der Waals surface area contributed by atoms with Crippen molar-refractivity contribution in [1.29, 1.82) is 0 Å². The fourth-order valence-electron chi connectivity index (χ4n) is 2.71. The summed E-state index contributed by atoms with van der Waals surface area (Å²) in [4.78, 5) is 14.5. The largest absolute Gasteiger partial charge is 0.298 e. The van der Waals surface area contributed by atoms with Gasteiger partial charge in [0.25, 0.3) is 0 Å². The van der Waals surface area contributed by atoms with Gasteiger partial charge in [-0.25, -0.2) is 0 Å². The zero-order valence-corrected chi connectivity index (χ0v) is 11.7. The van der Waals surface area contributed by atoms with Crippen LogP contribution in [0.15, 0.2) is 60.7 Å². The third kappa shape index (κ3) is 2.81. The fourth-order valence-corrected chi connectivity index (χ4v) is 2.71. The lowest BCUT2D eigenvalue weighted by molar-refractivity contribution is -0.118. The van der Waals surface area contributed by atoms with Crippen molar-refractivity contribution in [3.63, 3.8) is 0 Å². The Morgan fingerprint density at radius 1 is 1.10 bits per heavy atom. The third-order valence-corrected chi connectivity index (χ3v) is 4.02. The maximum atomic E-state index is 12.3. The first-order chi connectivity index (χ1) is 9.75. The SMILES string of the molecule is C[C@H](c1ccccc1)[N@]1CC1C(=O)Cc1ccccc1. The highest BCUT2D eigenvalue weighted by atomic mass is 16.1. The first kappa shape index (κ1) is 13.1. The zero-order valence-electron chi connectivity index (χ0n) is 11.7. The van der Waals surface area contributed by atoms with Gasteiger partial charge in [-0.05, 0) is 18.1 Å². The minimum absolute atomic E-state index is 0.102. The molecule has 102 valence electrons. The summed E-state index contributed by atoms with van der Waals surface area (Å²) in [5.41, 5.74) is 2.39. The van der Waals surface area contributed by atoms with Crippen LogP contribution in [0.5, 0.6) is 0 Å². The highest BCUT2D eigenvalue weighted by molar-refractivity contribution is 5.88. The molecule has 0 aromatic heterocycles. The van der Waals surface area contributed by atoms with Crippen LogP contribution in [-0.4, -0.2) is 23.3 Å². The van der Waals surface area contributed by atoms with Gasteiger partial charge in [-0.3, -0.25) is 9.69 Å². The Hall–Kier alpha value is -1.93. The number of nitrogens with zero attached hydrogens (tertiary/aromatic N) is 1. The molecule has 1 saturated heterocycles. The highest BCUT2D eigenvalue weighted by Gasteiger charge is 2.42. The van der Waals surface area contributed by atoms with Gasteiger partial charge in [0.05, 0.1) is 6.04 Å². The van der Waals surface area contributed by atoms with E-state index in [2.05, 4.69) is 36.1 Å². The summed E-state index contributed by atoms with van der Waals surface area (Å²) in [6.07, 6.45) is 0.545. The van der Waals surface area contributed by atoms with Crippen molar-refractivity contribution >= 4 is 5.78 Å². The monoisotopic (exact) mass is 265 g/mol. The van der Waals surface area contributed by atoms with Crippen molar-refractivity contribution in [2.24, 2.45) is 0 Å². The molecular weight excluding hydrogens is 246 g/mol. The van der Waals surface area contributed by atoms with Crippen molar-refractivity contribution in [1.82, 2.24) is 4.90 Å². The average molecular weight is 265 g/mol. The van der Waals surface area contributed by atoms with E-state index in [1.807, 2.05) is 36.4 Å². The smallest absolute Gasteiger partial charge is 0.155 e. The molecule has 20 heavy (non-hydrogen) atoms. The summed E-state index contributed by atoms with van der Waals surface area (Å²) >= 11 is 0. The Bertz CT molecular complexity index is 579. The van der Waals surface area contributed by atoms with E-state index in [0.717, 1.165) is 12.1 Å². The fraction of sp³-hybridized carbons (Fsp3) is 0.278. The van der Waals surface area contributed by atoms with Gasteiger partial charge in [-0.2, -0.15) is 0 Å². The molecule has 0 spiro atoms. The number of carbonyl (C=O) groups is 1. The van der Waals surface area contributed by atoms with E-state index in [1.54, 1.807) is 0 Å². The molecule has 1 aliphatic rings. The van der Waals surface area contributed by atoms with E-state index in [4.69, 9.17) is 0 Å².